The molecule has 0 aliphatic heterocycles. The van der Waals surface area contributed by atoms with Gasteiger partial charge in [-0.05, 0) is 19.8 Å². The smallest absolute Gasteiger partial charge is 0.309 e. The van der Waals surface area contributed by atoms with Gasteiger partial charge in [0.05, 0.1) is 13.2 Å². The van der Waals surface area contributed by atoms with Crippen LogP contribution in [-0.2, 0) is 13.6 Å². The number of nitrogens with zero attached hydrogens (tertiary/aromatic N) is 1. The quantitative estimate of drug-likeness (QED) is 0.519. The van der Waals surface area contributed by atoms with Crippen LogP contribution >= 0.6 is 7.60 Å². The van der Waals surface area contributed by atoms with Gasteiger partial charge >= 0.3 is 7.60 Å². The van der Waals surface area contributed by atoms with Crippen molar-refractivity contribution in [2.75, 3.05) is 19.4 Å². The van der Waals surface area contributed by atoms with Gasteiger partial charge in [-0.3, -0.25) is 9.56 Å². The van der Waals surface area contributed by atoms with Crippen LogP contribution in [0.25, 0.3) is 0 Å². The summed E-state index contributed by atoms with van der Waals surface area (Å²) in [6.45, 7) is 4.35. The molecule has 1 unspecified atom stereocenters. The Bertz CT molecular complexity index is 275. The lowest BCUT2D eigenvalue weighted by Crippen LogP contribution is -2.10. The summed E-state index contributed by atoms with van der Waals surface area (Å²) in [5.74, 6) is 0. The summed E-state index contributed by atoms with van der Waals surface area (Å²) >= 11 is 0. The summed E-state index contributed by atoms with van der Waals surface area (Å²) in [6.07, 6.45) is 8.39. The maximum absolute atomic E-state index is 11.9. The first-order chi connectivity index (χ1) is 8.20. The molecule has 1 atom stereocenters. The van der Waals surface area contributed by atoms with Gasteiger partial charge < -0.3 is 9.05 Å². The van der Waals surface area contributed by atoms with Crippen molar-refractivity contribution in [3.05, 3.63) is 0 Å². The molecule has 1 aliphatic carbocycles. The zero-order valence-corrected chi connectivity index (χ0v) is 11.8. The lowest BCUT2D eigenvalue weighted by Gasteiger charge is -2.17. The normalized spacial score (nSPS) is 21.8. The Morgan fingerprint density at radius 1 is 1.24 bits per heavy atom. The highest BCUT2D eigenvalue weighted by molar-refractivity contribution is 7.53. The van der Waals surface area contributed by atoms with Gasteiger partial charge in [-0.15, -0.1) is 0 Å². The Labute approximate surface area is 104 Å². The molecule has 0 N–H and O–H groups in total. The molecular weight excluding hydrogens is 237 g/mol. The van der Waals surface area contributed by atoms with E-state index in [1.807, 2.05) is 13.8 Å². The third kappa shape index (κ3) is 5.80. The maximum Gasteiger partial charge on any atom is 0.330 e. The minimum Gasteiger partial charge on any atom is -0.309 e. The highest BCUT2D eigenvalue weighted by atomic mass is 31.2. The average Bonchev–Trinajstić information content (AvgIpc) is 2.36. The molecule has 0 bridgehead atoms. The highest BCUT2D eigenvalue weighted by Gasteiger charge is 2.20. The average molecular weight is 261 g/mol. The monoisotopic (exact) mass is 261 g/mol. The van der Waals surface area contributed by atoms with E-state index in [9.17, 15) is 4.57 Å². The Hall–Kier alpha value is -0.180. The fourth-order valence-electron chi connectivity index (χ4n) is 1.99. The largest absolute Gasteiger partial charge is 0.330 e. The molecule has 1 aliphatic rings. The second kappa shape index (κ2) is 8.02. The van der Waals surface area contributed by atoms with Gasteiger partial charge in [0.15, 0.2) is 0 Å². The van der Waals surface area contributed by atoms with E-state index in [0.717, 1.165) is 0 Å². The van der Waals surface area contributed by atoms with Crippen molar-refractivity contribution in [3.63, 3.8) is 0 Å². The van der Waals surface area contributed by atoms with Crippen molar-refractivity contribution >= 4 is 13.8 Å². The van der Waals surface area contributed by atoms with E-state index in [1.165, 1.54) is 32.1 Å². The Morgan fingerprint density at radius 3 is 2.53 bits per heavy atom. The van der Waals surface area contributed by atoms with Crippen molar-refractivity contribution in [3.8, 4) is 0 Å². The van der Waals surface area contributed by atoms with Crippen LogP contribution in [0.4, 0.5) is 0 Å². The van der Waals surface area contributed by atoms with Crippen LogP contribution in [0.15, 0.2) is 4.99 Å². The van der Waals surface area contributed by atoms with E-state index >= 15 is 0 Å². The predicted octanol–water partition coefficient (Wildman–Crippen LogP) is 3.66. The molecule has 1 rings (SSSR count). The lowest BCUT2D eigenvalue weighted by molar-refractivity contribution is 0.235. The van der Waals surface area contributed by atoms with Crippen LogP contribution in [0.1, 0.15) is 46.0 Å². The number of hydrogen-bond donors (Lipinski definition) is 0. The highest BCUT2D eigenvalue weighted by Crippen LogP contribution is 2.47. The van der Waals surface area contributed by atoms with Gasteiger partial charge in [0.2, 0.25) is 0 Å². The number of rotatable bonds is 7. The van der Waals surface area contributed by atoms with E-state index < -0.39 is 7.60 Å². The fraction of sp³-hybridized carbons (Fsp3) is 0.917. The first-order valence-electron chi connectivity index (χ1n) is 6.60. The predicted molar refractivity (Wildman–Crippen MR) is 71.1 cm³/mol. The van der Waals surface area contributed by atoms with Crippen LogP contribution in [-0.4, -0.2) is 31.6 Å². The Balaban J connectivity index is 2.25. The SMILES string of the molecule is CCOP(=O)(CC)OCC=NC1CCCCC1. The standard InChI is InChI=1S/C12H24NO3P/c1-3-15-17(14,4-2)16-11-10-13-12-8-6-5-7-9-12/h10,12H,3-9,11H2,1-2H3. The molecule has 0 aromatic heterocycles. The van der Waals surface area contributed by atoms with Gasteiger partial charge in [0.25, 0.3) is 0 Å². The van der Waals surface area contributed by atoms with Crippen LogP contribution in [0, 0.1) is 0 Å². The summed E-state index contributed by atoms with van der Waals surface area (Å²) in [4.78, 5) is 4.45. The topological polar surface area (TPSA) is 47.9 Å². The van der Waals surface area contributed by atoms with Crippen molar-refractivity contribution in [1.82, 2.24) is 0 Å². The van der Waals surface area contributed by atoms with Gasteiger partial charge in [0.1, 0.15) is 0 Å². The molecule has 4 nitrogen and oxygen atoms in total. The van der Waals surface area contributed by atoms with Gasteiger partial charge in [-0.2, -0.15) is 0 Å². The zero-order chi connectivity index (χ0) is 12.6. The molecule has 0 aromatic carbocycles. The van der Waals surface area contributed by atoms with Crippen LogP contribution in [0.2, 0.25) is 0 Å². The molecular formula is C12H24NO3P. The minimum absolute atomic E-state index is 0.293. The fourth-order valence-corrected chi connectivity index (χ4v) is 3.11. The van der Waals surface area contributed by atoms with Gasteiger partial charge in [-0.25, -0.2) is 0 Å². The van der Waals surface area contributed by atoms with E-state index in [2.05, 4.69) is 4.99 Å². The minimum atomic E-state index is -2.86. The molecule has 0 saturated heterocycles. The van der Waals surface area contributed by atoms with Gasteiger partial charge in [-0.1, -0.05) is 26.2 Å². The van der Waals surface area contributed by atoms with E-state index in [0.29, 0.717) is 25.4 Å². The summed E-state index contributed by atoms with van der Waals surface area (Å²) < 4.78 is 22.4. The molecule has 5 heteroatoms. The first-order valence-corrected chi connectivity index (χ1v) is 8.32. The van der Waals surface area contributed by atoms with E-state index in [4.69, 9.17) is 9.05 Å². The molecule has 0 heterocycles. The number of hydrogen-bond acceptors (Lipinski definition) is 4. The maximum atomic E-state index is 11.9. The Kier molecular flexibility index (Phi) is 7.02. The molecule has 0 aromatic rings. The van der Waals surface area contributed by atoms with Crippen LogP contribution in [0.5, 0.6) is 0 Å². The molecule has 0 radical (unpaired) electrons. The molecule has 1 fully saturated rings. The van der Waals surface area contributed by atoms with E-state index in [1.54, 1.807) is 6.21 Å². The van der Waals surface area contributed by atoms with Crippen LogP contribution in [0.3, 0.4) is 0 Å². The second-order valence-corrected chi connectivity index (χ2v) is 6.63. The third-order valence-electron chi connectivity index (χ3n) is 2.95. The lowest BCUT2D eigenvalue weighted by atomic mass is 9.96. The zero-order valence-electron chi connectivity index (χ0n) is 10.9. The van der Waals surface area contributed by atoms with Crippen LogP contribution < -0.4 is 0 Å². The molecule has 17 heavy (non-hydrogen) atoms. The summed E-state index contributed by atoms with van der Waals surface area (Å²) in [5, 5.41) is 0. The summed E-state index contributed by atoms with van der Waals surface area (Å²) in [7, 11) is -2.86. The second-order valence-electron chi connectivity index (χ2n) is 4.26. The van der Waals surface area contributed by atoms with Gasteiger partial charge in [0, 0.05) is 18.4 Å². The molecule has 100 valence electrons. The summed E-state index contributed by atoms with van der Waals surface area (Å²) in [6, 6.07) is 0.445. The summed E-state index contributed by atoms with van der Waals surface area (Å²) in [5.41, 5.74) is 0. The van der Waals surface area contributed by atoms with Crippen molar-refractivity contribution < 1.29 is 13.6 Å². The molecule has 0 spiro atoms. The van der Waals surface area contributed by atoms with Crippen molar-refractivity contribution in [2.45, 2.75) is 52.0 Å². The number of aliphatic imine (C=N–C) groups is 1. The Morgan fingerprint density at radius 2 is 1.94 bits per heavy atom. The van der Waals surface area contributed by atoms with Crippen molar-refractivity contribution in [2.24, 2.45) is 4.99 Å². The molecule has 0 amide bonds. The van der Waals surface area contributed by atoms with E-state index in [-0.39, 0.29) is 0 Å². The molecule has 1 saturated carbocycles. The van der Waals surface area contributed by atoms with Crippen molar-refractivity contribution in [1.29, 1.82) is 0 Å². The first kappa shape index (κ1) is 14.9. The third-order valence-corrected chi connectivity index (χ3v) is 4.92.